The lowest BCUT2D eigenvalue weighted by Gasteiger charge is -2.40. The van der Waals surface area contributed by atoms with Gasteiger partial charge in [-0.2, -0.15) is 0 Å². The average Bonchev–Trinajstić information content (AvgIpc) is 2.47. The summed E-state index contributed by atoms with van der Waals surface area (Å²) in [6, 6.07) is 4.48. The van der Waals surface area contributed by atoms with Gasteiger partial charge in [0.1, 0.15) is 11.9 Å². The first-order valence-electron chi connectivity index (χ1n) is 7.50. The first-order chi connectivity index (χ1) is 10.8. The summed E-state index contributed by atoms with van der Waals surface area (Å²) in [4.78, 5) is 14.3. The molecule has 1 aromatic rings. The number of nitrogens with zero attached hydrogens (tertiary/aromatic N) is 3. The van der Waals surface area contributed by atoms with Gasteiger partial charge in [0, 0.05) is 17.4 Å². The molecule has 0 aliphatic carbocycles. The SMILES string of the molecule is CC1(C)CC([C@H](c2ccc(F)cc2)[C@H](N=[N+]=[N-])C(=O)O)CCO1. The van der Waals surface area contributed by atoms with Gasteiger partial charge in [-0.25, -0.2) is 4.39 Å². The van der Waals surface area contributed by atoms with Crippen LogP contribution in [0.15, 0.2) is 29.4 Å². The summed E-state index contributed by atoms with van der Waals surface area (Å²) < 4.78 is 18.9. The fraction of sp³-hybridized carbons (Fsp3) is 0.562. The van der Waals surface area contributed by atoms with E-state index in [9.17, 15) is 14.3 Å². The van der Waals surface area contributed by atoms with Gasteiger partial charge < -0.3 is 9.84 Å². The van der Waals surface area contributed by atoms with Crippen molar-refractivity contribution in [3.63, 3.8) is 0 Å². The minimum Gasteiger partial charge on any atom is -0.481 e. The third-order valence-electron chi connectivity index (χ3n) is 4.27. The van der Waals surface area contributed by atoms with Gasteiger partial charge in [-0.1, -0.05) is 17.2 Å². The van der Waals surface area contributed by atoms with E-state index in [4.69, 9.17) is 10.3 Å². The van der Waals surface area contributed by atoms with Gasteiger partial charge in [0.15, 0.2) is 0 Å². The highest BCUT2D eigenvalue weighted by atomic mass is 19.1. The molecule has 0 bridgehead atoms. The molecule has 0 saturated carbocycles. The molecule has 3 atom stereocenters. The van der Waals surface area contributed by atoms with Gasteiger partial charge in [-0.3, -0.25) is 4.79 Å². The van der Waals surface area contributed by atoms with Crippen LogP contribution >= 0.6 is 0 Å². The van der Waals surface area contributed by atoms with Gasteiger partial charge in [-0.05, 0) is 55.8 Å². The van der Waals surface area contributed by atoms with Crippen molar-refractivity contribution in [2.45, 2.75) is 44.2 Å². The predicted molar refractivity (Wildman–Crippen MR) is 82.5 cm³/mol. The molecule has 6 nitrogen and oxygen atoms in total. The van der Waals surface area contributed by atoms with Crippen LogP contribution in [0.5, 0.6) is 0 Å². The molecule has 0 aromatic heterocycles. The van der Waals surface area contributed by atoms with Crippen LogP contribution in [-0.2, 0) is 9.53 Å². The van der Waals surface area contributed by atoms with Gasteiger partial charge in [0.25, 0.3) is 0 Å². The second-order valence-electron chi connectivity index (χ2n) is 6.43. The number of carboxylic acids is 1. The number of ether oxygens (including phenoxy) is 1. The zero-order valence-electron chi connectivity index (χ0n) is 13.1. The van der Waals surface area contributed by atoms with Crippen molar-refractivity contribution in [3.8, 4) is 0 Å². The van der Waals surface area contributed by atoms with Crippen molar-refractivity contribution in [1.82, 2.24) is 0 Å². The lowest BCUT2D eigenvalue weighted by atomic mass is 9.73. The monoisotopic (exact) mass is 321 g/mol. The van der Waals surface area contributed by atoms with E-state index >= 15 is 0 Å². The van der Waals surface area contributed by atoms with Crippen LogP contribution in [0, 0.1) is 11.7 Å². The van der Waals surface area contributed by atoms with Crippen molar-refractivity contribution >= 4 is 5.97 Å². The zero-order chi connectivity index (χ0) is 17.0. The number of halogens is 1. The second-order valence-corrected chi connectivity index (χ2v) is 6.43. The highest BCUT2D eigenvalue weighted by molar-refractivity contribution is 5.75. The lowest BCUT2D eigenvalue weighted by Crippen LogP contribution is -2.40. The van der Waals surface area contributed by atoms with Crippen molar-refractivity contribution in [3.05, 3.63) is 46.1 Å². The summed E-state index contributed by atoms with van der Waals surface area (Å²) >= 11 is 0. The van der Waals surface area contributed by atoms with Gasteiger partial charge >= 0.3 is 5.97 Å². The molecule has 1 aromatic carbocycles. The number of benzene rings is 1. The van der Waals surface area contributed by atoms with E-state index in [-0.39, 0.29) is 11.5 Å². The van der Waals surface area contributed by atoms with E-state index in [0.29, 0.717) is 25.0 Å². The molecule has 7 heteroatoms. The number of carbonyl (C=O) groups is 1. The molecule has 2 rings (SSSR count). The fourth-order valence-corrected chi connectivity index (χ4v) is 3.31. The van der Waals surface area contributed by atoms with Crippen LogP contribution in [0.4, 0.5) is 4.39 Å². The Hall–Kier alpha value is -2.11. The van der Waals surface area contributed by atoms with Crippen LogP contribution in [0.1, 0.15) is 38.2 Å². The molecule has 1 aliphatic rings. The molecule has 23 heavy (non-hydrogen) atoms. The van der Waals surface area contributed by atoms with Crippen molar-refractivity contribution < 1.29 is 19.0 Å². The Balaban J connectivity index is 2.43. The van der Waals surface area contributed by atoms with Gasteiger partial charge in [0.2, 0.25) is 0 Å². The van der Waals surface area contributed by atoms with Crippen LogP contribution in [0.25, 0.3) is 10.4 Å². The quantitative estimate of drug-likeness (QED) is 0.506. The Kier molecular flexibility index (Phi) is 5.23. The van der Waals surface area contributed by atoms with Crippen LogP contribution in [-0.4, -0.2) is 29.3 Å². The van der Waals surface area contributed by atoms with E-state index in [2.05, 4.69) is 10.0 Å². The third-order valence-corrected chi connectivity index (χ3v) is 4.27. The first-order valence-corrected chi connectivity index (χ1v) is 7.50. The fourth-order valence-electron chi connectivity index (χ4n) is 3.31. The largest absolute Gasteiger partial charge is 0.481 e. The standard InChI is InChI=1S/C16H20FN3O3/c1-16(2)9-11(7-8-23-16)13(14(15(21)22)19-20-18)10-3-5-12(17)6-4-10/h3-6,11,13-14H,7-9H2,1-2H3,(H,21,22)/t11?,13-,14-/m0/s1. The summed E-state index contributed by atoms with van der Waals surface area (Å²) in [6.45, 7) is 4.41. The summed E-state index contributed by atoms with van der Waals surface area (Å²) in [5.74, 6) is -2.13. The highest BCUT2D eigenvalue weighted by Gasteiger charge is 2.40. The van der Waals surface area contributed by atoms with Gasteiger partial charge in [0.05, 0.1) is 5.60 Å². The molecule has 1 aliphatic heterocycles. The second kappa shape index (κ2) is 6.98. The lowest BCUT2D eigenvalue weighted by molar-refractivity contribution is -0.140. The molecule has 1 fully saturated rings. The Morgan fingerprint density at radius 2 is 2.13 bits per heavy atom. The summed E-state index contributed by atoms with van der Waals surface area (Å²) in [6.07, 6.45) is 1.30. The number of aliphatic carboxylic acids is 1. The van der Waals surface area contributed by atoms with E-state index in [0.717, 1.165) is 0 Å². The van der Waals surface area contributed by atoms with Crippen LogP contribution in [0.3, 0.4) is 0 Å². The molecule has 124 valence electrons. The topological polar surface area (TPSA) is 95.3 Å². The molecule has 1 saturated heterocycles. The summed E-state index contributed by atoms with van der Waals surface area (Å²) in [5.41, 5.74) is 9.02. The Labute approximate surface area is 133 Å². The molecular weight excluding hydrogens is 301 g/mol. The first kappa shape index (κ1) is 17.2. The average molecular weight is 321 g/mol. The van der Waals surface area contributed by atoms with Crippen molar-refractivity contribution in [2.75, 3.05) is 6.61 Å². The molecule has 0 spiro atoms. The maximum Gasteiger partial charge on any atom is 0.313 e. The van der Waals surface area contributed by atoms with Crippen LogP contribution < -0.4 is 0 Å². The Bertz CT molecular complexity index is 610. The summed E-state index contributed by atoms with van der Waals surface area (Å²) in [7, 11) is 0. The highest BCUT2D eigenvalue weighted by Crippen LogP contribution is 2.41. The maximum absolute atomic E-state index is 13.2. The van der Waals surface area contributed by atoms with E-state index in [1.807, 2.05) is 13.8 Å². The molecule has 1 N–H and O–H groups in total. The van der Waals surface area contributed by atoms with Gasteiger partial charge in [-0.15, -0.1) is 0 Å². The number of rotatable bonds is 5. The number of azide groups is 1. The predicted octanol–water partition coefficient (Wildman–Crippen LogP) is 3.88. The molecule has 1 unspecified atom stereocenters. The van der Waals surface area contributed by atoms with Crippen molar-refractivity contribution in [2.24, 2.45) is 11.0 Å². The normalized spacial score (nSPS) is 22.7. The van der Waals surface area contributed by atoms with E-state index in [1.165, 1.54) is 12.1 Å². The third kappa shape index (κ3) is 4.21. The minimum atomic E-state index is -1.23. The van der Waals surface area contributed by atoms with E-state index < -0.39 is 23.7 Å². The molecular formula is C16H20FN3O3. The smallest absolute Gasteiger partial charge is 0.313 e. The zero-order valence-corrected chi connectivity index (χ0v) is 13.1. The molecule has 0 amide bonds. The Morgan fingerprint density at radius 1 is 1.48 bits per heavy atom. The summed E-state index contributed by atoms with van der Waals surface area (Å²) in [5, 5.41) is 13.0. The minimum absolute atomic E-state index is 0.0317. The maximum atomic E-state index is 13.2. The molecule has 0 radical (unpaired) electrons. The Morgan fingerprint density at radius 3 is 2.65 bits per heavy atom. The molecule has 1 heterocycles. The number of carboxylic acid groups (broad SMARTS) is 1. The van der Waals surface area contributed by atoms with Crippen molar-refractivity contribution in [1.29, 1.82) is 0 Å². The van der Waals surface area contributed by atoms with Crippen LogP contribution in [0.2, 0.25) is 0 Å². The van der Waals surface area contributed by atoms with E-state index in [1.54, 1.807) is 12.1 Å². The number of hydrogen-bond donors (Lipinski definition) is 1. The number of hydrogen-bond acceptors (Lipinski definition) is 3.